The van der Waals surface area contributed by atoms with Gasteiger partial charge in [0.2, 0.25) is 5.91 Å². The summed E-state index contributed by atoms with van der Waals surface area (Å²) in [5, 5.41) is 21.4. The Morgan fingerprint density at radius 1 is 1.38 bits per heavy atom. The molecule has 1 amide bonds. The summed E-state index contributed by atoms with van der Waals surface area (Å²) in [5.41, 5.74) is 0.933. The maximum absolute atomic E-state index is 12.0. The van der Waals surface area contributed by atoms with E-state index in [9.17, 15) is 14.7 Å². The first-order valence-electron chi connectivity index (χ1n) is 6.46. The number of nitrogens with zero attached hydrogens (tertiary/aromatic N) is 1. The summed E-state index contributed by atoms with van der Waals surface area (Å²) >= 11 is 1.46. The van der Waals surface area contributed by atoms with Gasteiger partial charge in [-0.3, -0.25) is 9.79 Å². The number of carboxylic acid groups (broad SMARTS) is 1. The smallest absolute Gasteiger partial charge is 0.328 e. The molecule has 6 nitrogen and oxygen atoms in total. The van der Waals surface area contributed by atoms with Crippen LogP contribution in [0.2, 0.25) is 0 Å². The molecule has 1 aromatic carbocycles. The number of carbonyl (C=O) groups is 2. The summed E-state index contributed by atoms with van der Waals surface area (Å²) in [4.78, 5) is 27.3. The van der Waals surface area contributed by atoms with Crippen molar-refractivity contribution >= 4 is 28.7 Å². The molecule has 0 saturated heterocycles. The Hall–Kier alpha value is -1.86. The van der Waals surface area contributed by atoms with Gasteiger partial charge in [-0.2, -0.15) is 0 Å². The molecular weight excluding hydrogens is 292 g/mol. The maximum atomic E-state index is 12.0. The van der Waals surface area contributed by atoms with Crippen LogP contribution in [0.25, 0.3) is 0 Å². The van der Waals surface area contributed by atoms with Gasteiger partial charge in [-0.15, -0.1) is 11.8 Å². The standard InChI is InChI=1S/C14H16N2O4S/c1-8(17)11(14(19)20)16-12(18)10-7-21-13(15-10)9-5-3-2-4-6-9/h2-6,8,10-11,17H,7H2,1H3,(H,16,18)(H,19,20). The van der Waals surface area contributed by atoms with Crippen molar-refractivity contribution in [3.05, 3.63) is 35.9 Å². The SMILES string of the molecule is CC(O)C(NC(=O)C1CSC(c2ccccc2)=N1)C(=O)O. The fourth-order valence-electron chi connectivity index (χ4n) is 1.88. The Kier molecular flexibility index (Phi) is 4.98. The third-order valence-corrected chi connectivity index (χ3v) is 4.12. The second-order valence-electron chi connectivity index (χ2n) is 4.69. The number of rotatable bonds is 5. The van der Waals surface area contributed by atoms with E-state index in [1.807, 2.05) is 30.3 Å². The van der Waals surface area contributed by atoms with E-state index >= 15 is 0 Å². The van der Waals surface area contributed by atoms with Gasteiger partial charge in [0, 0.05) is 11.3 Å². The molecule has 0 spiro atoms. The number of thioether (sulfide) groups is 1. The van der Waals surface area contributed by atoms with Gasteiger partial charge in [0.05, 0.1) is 11.1 Å². The zero-order chi connectivity index (χ0) is 15.4. The Balaban J connectivity index is 2.05. The predicted molar refractivity (Wildman–Crippen MR) is 80.5 cm³/mol. The summed E-state index contributed by atoms with van der Waals surface area (Å²) in [6, 6.07) is 7.53. The van der Waals surface area contributed by atoms with Crippen molar-refractivity contribution in [1.29, 1.82) is 0 Å². The van der Waals surface area contributed by atoms with Crippen LogP contribution in [0.5, 0.6) is 0 Å². The predicted octanol–water partition coefficient (Wildman–Crippen LogP) is 0.499. The number of carbonyl (C=O) groups excluding carboxylic acids is 1. The van der Waals surface area contributed by atoms with E-state index in [-0.39, 0.29) is 0 Å². The number of nitrogens with one attached hydrogen (secondary N) is 1. The number of amides is 1. The van der Waals surface area contributed by atoms with E-state index in [0.717, 1.165) is 10.6 Å². The van der Waals surface area contributed by atoms with Crippen molar-refractivity contribution in [2.45, 2.75) is 25.1 Å². The van der Waals surface area contributed by atoms with Crippen LogP contribution in [0.1, 0.15) is 12.5 Å². The van der Waals surface area contributed by atoms with Crippen molar-refractivity contribution < 1.29 is 19.8 Å². The van der Waals surface area contributed by atoms with Crippen LogP contribution in [0, 0.1) is 0 Å². The second-order valence-corrected chi connectivity index (χ2v) is 5.70. The zero-order valence-electron chi connectivity index (χ0n) is 11.4. The zero-order valence-corrected chi connectivity index (χ0v) is 12.2. The Morgan fingerprint density at radius 3 is 2.62 bits per heavy atom. The van der Waals surface area contributed by atoms with Gasteiger partial charge in [0.15, 0.2) is 6.04 Å². The molecule has 112 valence electrons. The molecule has 7 heteroatoms. The summed E-state index contributed by atoms with van der Waals surface area (Å²) in [5.74, 6) is -1.29. The second kappa shape index (κ2) is 6.73. The van der Waals surface area contributed by atoms with Crippen molar-refractivity contribution in [1.82, 2.24) is 5.32 Å². The minimum absolute atomic E-state index is 0.461. The molecule has 1 aliphatic heterocycles. The van der Waals surface area contributed by atoms with Crippen LogP contribution in [-0.4, -0.2) is 51.1 Å². The quantitative estimate of drug-likeness (QED) is 0.735. The lowest BCUT2D eigenvalue weighted by atomic mass is 10.1. The number of carboxylic acids is 1. The van der Waals surface area contributed by atoms with Gasteiger partial charge in [0.25, 0.3) is 0 Å². The van der Waals surface area contributed by atoms with Gasteiger partial charge in [-0.1, -0.05) is 30.3 Å². The molecular formula is C14H16N2O4S. The highest BCUT2D eigenvalue weighted by atomic mass is 32.2. The van der Waals surface area contributed by atoms with Crippen molar-refractivity contribution in [3.8, 4) is 0 Å². The van der Waals surface area contributed by atoms with Crippen molar-refractivity contribution in [3.63, 3.8) is 0 Å². The fraction of sp³-hybridized carbons (Fsp3) is 0.357. The van der Waals surface area contributed by atoms with E-state index < -0.39 is 30.1 Å². The number of benzene rings is 1. The molecule has 1 aromatic rings. The molecule has 0 aliphatic carbocycles. The van der Waals surface area contributed by atoms with E-state index in [1.165, 1.54) is 18.7 Å². The van der Waals surface area contributed by atoms with Gasteiger partial charge >= 0.3 is 5.97 Å². The Morgan fingerprint density at radius 2 is 2.05 bits per heavy atom. The van der Waals surface area contributed by atoms with E-state index in [0.29, 0.717) is 5.75 Å². The van der Waals surface area contributed by atoms with Crippen LogP contribution in [0.3, 0.4) is 0 Å². The Bertz CT molecular complexity index is 559. The monoisotopic (exact) mass is 308 g/mol. The number of aliphatic imine (C=N–C) groups is 1. The first kappa shape index (κ1) is 15.5. The molecule has 0 saturated carbocycles. The number of aliphatic hydroxyl groups excluding tert-OH is 1. The molecule has 3 N–H and O–H groups in total. The van der Waals surface area contributed by atoms with Gasteiger partial charge < -0.3 is 15.5 Å². The van der Waals surface area contributed by atoms with Crippen LogP contribution in [-0.2, 0) is 9.59 Å². The number of aliphatic carboxylic acids is 1. The molecule has 3 atom stereocenters. The van der Waals surface area contributed by atoms with Crippen LogP contribution in [0.4, 0.5) is 0 Å². The third-order valence-electron chi connectivity index (χ3n) is 3.02. The molecule has 0 aromatic heterocycles. The summed E-state index contributed by atoms with van der Waals surface area (Å²) in [6.45, 7) is 1.32. The molecule has 0 fully saturated rings. The lowest BCUT2D eigenvalue weighted by Gasteiger charge is -2.18. The minimum Gasteiger partial charge on any atom is -0.480 e. The van der Waals surface area contributed by atoms with Crippen molar-refractivity contribution in [2.24, 2.45) is 4.99 Å². The van der Waals surface area contributed by atoms with Gasteiger partial charge in [-0.25, -0.2) is 4.79 Å². The lowest BCUT2D eigenvalue weighted by molar-refractivity contribution is -0.144. The number of aliphatic hydroxyl groups is 1. The average Bonchev–Trinajstić information content (AvgIpc) is 2.94. The number of hydrogen-bond acceptors (Lipinski definition) is 5. The first-order valence-corrected chi connectivity index (χ1v) is 7.45. The topological polar surface area (TPSA) is 99.0 Å². The Labute approximate surface area is 126 Å². The van der Waals surface area contributed by atoms with E-state index in [2.05, 4.69) is 10.3 Å². The lowest BCUT2D eigenvalue weighted by Crippen LogP contribution is -2.50. The maximum Gasteiger partial charge on any atom is 0.328 e. The largest absolute Gasteiger partial charge is 0.480 e. The highest BCUT2D eigenvalue weighted by molar-refractivity contribution is 8.14. The molecule has 1 aliphatic rings. The van der Waals surface area contributed by atoms with E-state index in [1.54, 1.807) is 0 Å². The average molecular weight is 308 g/mol. The highest BCUT2D eigenvalue weighted by Crippen LogP contribution is 2.23. The van der Waals surface area contributed by atoms with E-state index in [4.69, 9.17) is 5.11 Å². The molecule has 2 rings (SSSR count). The normalized spacial score (nSPS) is 20.5. The fourth-order valence-corrected chi connectivity index (χ4v) is 2.93. The molecule has 21 heavy (non-hydrogen) atoms. The highest BCUT2D eigenvalue weighted by Gasteiger charge is 2.31. The van der Waals surface area contributed by atoms with Crippen molar-refractivity contribution in [2.75, 3.05) is 5.75 Å². The molecule has 0 bridgehead atoms. The minimum atomic E-state index is -1.32. The summed E-state index contributed by atoms with van der Waals surface area (Å²) in [7, 11) is 0. The molecule has 1 heterocycles. The number of hydrogen-bond donors (Lipinski definition) is 3. The molecule has 0 radical (unpaired) electrons. The van der Waals surface area contributed by atoms with Crippen LogP contribution < -0.4 is 5.32 Å². The first-order chi connectivity index (χ1) is 9.99. The third kappa shape index (κ3) is 3.83. The van der Waals surface area contributed by atoms with Gasteiger partial charge in [0.1, 0.15) is 6.04 Å². The van der Waals surface area contributed by atoms with Gasteiger partial charge in [-0.05, 0) is 6.92 Å². The molecule has 3 unspecified atom stereocenters. The van der Waals surface area contributed by atoms with Crippen LogP contribution in [0.15, 0.2) is 35.3 Å². The summed E-state index contributed by atoms with van der Waals surface area (Å²) < 4.78 is 0. The van der Waals surface area contributed by atoms with Crippen LogP contribution >= 0.6 is 11.8 Å². The summed E-state index contributed by atoms with van der Waals surface area (Å²) in [6.07, 6.45) is -1.17.